The normalized spacial score (nSPS) is 14.5. The molecular weight excluding hydrogens is 813 g/mol. The summed E-state index contributed by atoms with van der Waals surface area (Å²) in [5.41, 5.74) is 4.73. The number of rotatable bonds is 19. The lowest BCUT2D eigenvalue weighted by atomic mass is 9.65. The van der Waals surface area contributed by atoms with Crippen LogP contribution in [0.1, 0.15) is 67.2 Å². The molecule has 0 saturated heterocycles. The zero-order chi connectivity index (χ0) is 43.4. The third-order valence-corrected chi connectivity index (χ3v) is 21.4. The molecule has 60 heavy (non-hydrogen) atoms. The fraction of sp³-hybridized carbons (Fsp3) is 0.447. The predicted molar refractivity (Wildman–Crippen MR) is 245 cm³/mol. The molecular formula is C47H64O10SSi2. The average Bonchev–Trinajstić information content (AvgIpc) is 3.21. The largest absolute Gasteiger partial charge is 0.519 e. The van der Waals surface area contributed by atoms with Crippen molar-refractivity contribution in [1.82, 2.24) is 0 Å². The van der Waals surface area contributed by atoms with Crippen molar-refractivity contribution in [2.45, 2.75) is 95.4 Å². The van der Waals surface area contributed by atoms with E-state index in [2.05, 4.69) is 85.9 Å². The van der Waals surface area contributed by atoms with Crippen molar-refractivity contribution < 1.29 is 46.0 Å². The summed E-state index contributed by atoms with van der Waals surface area (Å²) in [6.45, 7) is 8.84. The van der Waals surface area contributed by atoms with Crippen LogP contribution in [0.25, 0.3) is 0 Å². The van der Waals surface area contributed by atoms with E-state index in [1.165, 1.54) is 37.5 Å². The van der Waals surface area contributed by atoms with Crippen LogP contribution in [-0.2, 0) is 31.0 Å². The monoisotopic (exact) mass is 876 g/mol. The molecule has 0 amide bonds. The molecule has 0 spiro atoms. The van der Waals surface area contributed by atoms with Crippen LogP contribution in [0, 0.1) is 0 Å². The van der Waals surface area contributed by atoms with Crippen molar-refractivity contribution in [2.24, 2.45) is 0 Å². The summed E-state index contributed by atoms with van der Waals surface area (Å²) in [6, 6.07) is 30.8. The third kappa shape index (κ3) is 13.4. The molecule has 0 aromatic heterocycles. The second kappa shape index (κ2) is 21.0. The SMILES string of the molecule is COC(=O)Oc1ccc(CCC[Si](C)(C)O[Si](C)(C)OS(C)(C)CCCc2ccc(OC(=O)Oc3ccc(C4(c5ccccc5)CCCCC4)cc3)c(OC)c2)cc1OC. The van der Waals surface area contributed by atoms with Crippen molar-refractivity contribution in [2.75, 3.05) is 39.6 Å². The minimum atomic E-state index is -2.43. The zero-order valence-electron chi connectivity index (χ0n) is 36.9. The van der Waals surface area contributed by atoms with E-state index < -0.39 is 39.5 Å². The summed E-state index contributed by atoms with van der Waals surface area (Å²) in [6.07, 6.45) is 12.2. The van der Waals surface area contributed by atoms with E-state index in [1.807, 2.05) is 36.4 Å². The molecule has 326 valence electrons. The fourth-order valence-corrected chi connectivity index (χ4v) is 21.1. The fourth-order valence-electron chi connectivity index (χ4n) is 8.40. The van der Waals surface area contributed by atoms with Gasteiger partial charge in [0.2, 0.25) is 0 Å². The molecule has 4 aromatic carbocycles. The minimum absolute atomic E-state index is 0.0242. The van der Waals surface area contributed by atoms with Gasteiger partial charge in [-0.05, 0) is 148 Å². The highest BCUT2D eigenvalue weighted by molar-refractivity contribution is 8.29. The lowest BCUT2D eigenvalue weighted by Gasteiger charge is -2.42. The zero-order valence-corrected chi connectivity index (χ0v) is 39.7. The second-order valence-corrected chi connectivity index (χ2v) is 28.5. The number of methoxy groups -OCH3 is 3. The van der Waals surface area contributed by atoms with Gasteiger partial charge >= 0.3 is 20.9 Å². The Labute approximate surface area is 361 Å². The first-order valence-electron chi connectivity index (χ1n) is 20.8. The molecule has 4 aromatic rings. The summed E-state index contributed by atoms with van der Waals surface area (Å²) in [4.78, 5) is 24.5. The van der Waals surface area contributed by atoms with Crippen molar-refractivity contribution in [1.29, 1.82) is 0 Å². The van der Waals surface area contributed by atoms with Gasteiger partial charge in [0.05, 0.1) is 21.3 Å². The molecule has 0 heterocycles. The van der Waals surface area contributed by atoms with Crippen molar-refractivity contribution in [3.05, 3.63) is 113 Å². The van der Waals surface area contributed by atoms with Crippen LogP contribution in [0.4, 0.5) is 9.59 Å². The maximum absolute atomic E-state index is 12.9. The maximum Gasteiger partial charge on any atom is 0.519 e. The molecule has 0 radical (unpaired) electrons. The molecule has 10 nitrogen and oxygen atoms in total. The maximum atomic E-state index is 12.9. The van der Waals surface area contributed by atoms with Gasteiger partial charge < -0.3 is 36.4 Å². The van der Waals surface area contributed by atoms with Crippen LogP contribution < -0.4 is 23.7 Å². The average molecular weight is 877 g/mol. The first kappa shape index (κ1) is 46.8. The van der Waals surface area contributed by atoms with Gasteiger partial charge in [-0.25, -0.2) is 9.59 Å². The van der Waals surface area contributed by atoms with E-state index in [1.54, 1.807) is 26.4 Å². The first-order valence-corrected chi connectivity index (χ1v) is 29.3. The molecule has 0 N–H and O–H groups in total. The Bertz CT molecular complexity index is 2010. The molecule has 0 atom stereocenters. The Morgan fingerprint density at radius 1 is 0.633 bits per heavy atom. The van der Waals surface area contributed by atoms with Gasteiger partial charge in [-0.2, -0.15) is 10.3 Å². The molecule has 13 heteroatoms. The van der Waals surface area contributed by atoms with E-state index >= 15 is 0 Å². The van der Waals surface area contributed by atoms with Gasteiger partial charge in [-0.1, -0.05) is 73.9 Å². The third-order valence-electron chi connectivity index (χ3n) is 10.9. The minimum Gasteiger partial charge on any atom is -0.493 e. The summed E-state index contributed by atoms with van der Waals surface area (Å²) < 4.78 is 45.8. The highest BCUT2D eigenvalue weighted by Crippen LogP contribution is 2.47. The molecule has 1 aliphatic rings. The Morgan fingerprint density at radius 3 is 1.75 bits per heavy atom. The van der Waals surface area contributed by atoms with Gasteiger partial charge in [-0.3, -0.25) is 0 Å². The van der Waals surface area contributed by atoms with Crippen LogP contribution in [0.15, 0.2) is 91.0 Å². The van der Waals surface area contributed by atoms with Crippen LogP contribution in [0.5, 0.6) is 28.7 Å². The van der Waals surface area contributed by atoms with E-state index in [4.69, 9.17) is 31.7 Å². The standard InChI is InChI=1S/C47H64O10SSi2/c1-50-43-35-37(23-28-41(43)54-45(48)52-3)19-17-33-59(6,7)57-60(8,9)56-58(4,5)32-16-18-36-22-29-42(44(34-36)51-2)55-46(49)53-40-26-24-39(25-27-40)47(30-14-11-15-31-47)38-20-12-10-13-21-38/h10,12-13,20-29,34-35H,11,14-19,30-33H2,1-9H3. The predicted octanol–water partition coefficient (Wildman–Crippen LogP) is 12.2. The number of hydrogen-bond acceptors (Lipinski definition) is 10. The molecule has 5 rings (SSSR count). The Balaban J connectivity index is 1.08. The lowest BCUT2D eigenvalue weighted by molar-refractivity contribution is 0.120. The number of benzene rings is 4. The summed E-state index contributed by atoms with van der Waals surface area (Å²) in [5, 5.41) is 0. The van der Waals surface area contributed by atoms with Crippen LogP contribution in [0.3, 0.4) is 0 Å². The molecule has 0 aliphatic heterocycles. The molecule has 1 aliphatic carbocycles. The number of aryl methyl sites for hydroxylation is 2. The Hall–Kier alpha value is -4.28. The molecule has 0 bridgehead atoms. The van der Waals surface area contributed by atoms with Crippen molar-refractivity contribution in [3.8, 4) is 28.7 Å². The summed E-state index contributed by atoms with van der Waals surface area (Å²) in [5.74, 6) is 2.95. The number of carbonyl (C=O) groups is 2. The van der Waals surface area contributed by atoms with Gasteiger partial charge in [0.1, 0.15) is 5.75 Å². The molecule has 1 saturated carbocycles. The smallest absolute Gasteiger partial charge is 0.493 e. The van der Waals surface area contributed by atoms with E-state index in [0.29, 0.717) is 28.7 Å². The van der Waals surface area contributed by atoms with Crippen LogP contribution >= 0.6 is 10.3 Å². The topological polar surface area (TPSA) is 108 Å². The molecule has 0 unspecified atom stereocenters. The number of carbonyl (C=O) groups excluding carboxylic acids is 2. The highest BCUT2D eigenvalue weighted by atomic mass is 32.3. The summed E-state index contributed by atoms with van der Waals surface area (Å²) >= 11 is 0. The van der Waals surface area contributed by atoms with E-state index in [9.17, 15) is 9.59 Å². The van der Waals surface area contributed by atoms with Gasteiger partial charge in [0.15, 0.2) is 31.3 Å². The quantitative estimate of drug-likeness (QED) is 0.0513. The van der Waals surface area contributed by atoms with Gasteiger partial charge in [0.25, 0.3) is 0 Å². The Kier molecular flexibility index (Phi) is 16.4. The van der Waals surface area contributed by atoms with Gasteiger partial charge in [-0.15, -0.1) is 0 Å². The lowest BCUT2D eigenvalue weighted by Crippen LogP contribution is -2.47. The number of hydrogen-bond donors (Lipinski definition) is 0. The number of ether oxygens (including phenoxy) is 6. The second-order valence-electron chi connectivity index (χ2n) is 17.0. The van der Waals surface area contributed by atoms with E-state index in [0.717, 1.165) is 61.4 Å². The molecule has 1 fully saturated rings. The van der Waals surface area contributed by atoms with Crippen molar-refractivity contribution in [3.63, 3.8) is 0 Å². The first-order chi connectivity index (χ1) is 28.6. The summed E-state index contributed by atoms with van der Waals surface area (Å²) in [7, 11) is -1.46. The van der Waals surface area contributed by atoms with Crippen molar-refractivity contribution >= 4 is 39.5 Å². The highest BCUT2D eigenvalue weighted by Gasteiger charge is 2.38. The van der Waals surface area contributed by atoms with Crippen LogP contribution in [0.2, 0.25) is 32.2 Å². The van der Waals surface area contributed by atoms with E-state index in [-0.39, 0.29) is 5.41 Å². The Morgan fingerprint density at radius 2 is 1.18 bits per heavy atom. The van der Waals surface area contributed by atoms with Crippen LogP contribution in [-0.4, -0.2) is 68.8 Å². The van der Waals surface area contributed by atoms with Gasteiger partial charge in [0, 0.05) is 5.41 Å².